The van der Waals surface area contributed by atoms with Crippen molar-refractivity contribution in [1.29, 1.82) is 0 Å². The highest BCUT2D eigenvalue weighted by Gasteiger charge is 2.09. The largest absolute Gasteiger partial charge is 0.496 e. The number of hydrazone groups is 1. The molecule has 2 N–H and O–H groups in total. The third kappa shape index (κ3) is 4.55. The van der Waals surface area contributed by atoms with Crippen molar-refractivity contribution in [2.24, 2.45) is 5.10 Å². The van der Waals surface area contributed by atoms with Crippen LogP contribution in [0.25, 0.3) is 11.4 Å². The van der Waals surface area contributed by atoms with Gasteiger partial charge in [0.2, 0.25) is 4.77 Å². The molecule has 1 heterocycles. The lowest BCUT2D eigenvalue weighted by Gasteiger charge is -2.08. The first-order chi connectivity index (χ1) is 13.1. The Labute approximate surface area is 170 Å². The molecule has 0 amide bonds. The SMILES string of the molecule is CCOc1ccc(-c2n[nH]c(=S)n2NN=Cc2cc(Br)ccc2OC)cc1. The van der Waals surface area contributed by atoms with E-state index in [1.807, 2.05) is 49.4 Å². The number of rotatable bonds is 7. The van der Waals surface area contributed by atoms with Crippen molar-refractivity contribution in [2.75, 3.05) is 19.3 Å². The minimum Gasteiger partial charge on any atom is -0.496 e. The lowest BCUT2D eigenvalue weighted by Crippen LogP contribution is -2.11. The summed E-state index contributed by atoms with van der Waals surface area (Å²) < 4.78 is 13.7. The lowest BCUT2D eigenvalue weighted by molar-refractivity contribution is 0.340. The standard InChI is InChI=1S/C18H18BrN5O2S/c1-3-26-15-7-4-12(5-8-15)17-21-22-18(27)24(17)23-20-11-13-10-14(19)6-9-16(13)25-2/h4-11,23H,3H2,1-2H3,(H,22,27). The van der Waals surface area contributed by atoms with Crippen molar-refractivity contribution in [3.05, 3.63) is 57.3 Å². The molecule has 0 radical (unpaired) electrons. The molecule has 3 rings (SSSR count). The van der Waals surface area contributed by atoms with Crippen molar-refractivity contribution in [3.8, 4) is 22.9 Å². The quantitative estimate of drug-likeness (QED) is 0.319. The summed E-state index contributed by atoms with van der Waals surface area (Å²) in [5, 5.41) is 11.3. The van der Waals surface area contributed by atoms with Gasteiger partial charge in [0.25, 0.3) is 0 Å². The summed E-state index contributed by atoms with van der Waals surface area (Å²) in [4.78, 5) is 0. The monoisotopic (exact) mass is 447 g/mol. The summed E-state index contributed by atoms with van der Waals surface area (Å²) in [6.45, 7) is 2.56. The van der Waals surface area contributed by atoms with E-state index in [1.54, 1.807) is 18.0 Å². The number of hydrogen-bond donors (Lipinski definition) is 2. The maximum Gasteiger partial charge on any atom is 0.216 e. The molecule has 0 bridgehead atoms. The fraction of sp³-hybridized carbons (Fsp3) is 0.167. The molecule has 0 aliphatic heterocycles. The van der Waals surface area contributed by atoms with Crippen molar-refractivity contribution >= 4 is 34.4 Å². The number of ether oxygens (including phenoxy) is 2. The first-order valence-corrected chi connectivity index (χ1v) is 9.35. The second-order valence-electron chi connectivity index (χ2n) is 5.39. The highest BCUT2D eigenvalue weighted by Crippen LogP contribution is 2.22. The number of H-pyrrole nitrogens is 1. The van der Waals surface area contributed by atoms with Gasteiger partial charge in [0, 0.05) is 15.6 Å². The van der Waals surface area contributed by atoms with Crippen molar-refractivity contribution in [3.63, 3.8) is 0 Å². The van der Waals surface area contributed by atoms with Crippen LogP contribution in [0, 0.1) is 4.77 Å². The molecule has 0 saturated heterocycles. The van der Waals surface area contributed by atoms with Crippen molar-refractivity contribution in [2.45, 2.75) is 6.92 Å². The summed E-state index contributed by atoms with van der Waals surface area (Å²) in [5.41, 5.74) is 4.59. The first-order valence-electron chi connectivity index (χ1n) is 8.15. The van der Waals surface area contributed by atoms with Crippen LogP contribution in [0.2, 0.25) is 0 Å². The Bertz CT molecular complexity index is 998. The summed E-state index contributed by atoms with van der Waals surface area (Å²) in [5.74, 6) is 2.13. The van der Waals surface area contributed by atoms with Crippen LogP contribution in [0.5, 0.6) is 11.5 Å². The van der Waals surface area contributed by atoms with E-state index in [0.717, 1.165) is 21.3 Å². The van der Waals surface area contributed by atoms with Crippen LogP contribution in [0.4, 0.5) is 0 Å². The number of benzene rings is 2. The summed E-state index contributed by atoms with van der Waals surface area (Å²) in [6.07, 6.45) is 1.65. The molecule has 9 heteroatoms. The van der Waals surface area contributed by atoms with Crippen molar-refractivity contribution in [1.82, 2.24) is 14.9 Å². The molecule has 140 valence electrons. The number of halogens is 1. The maximum atomic E-state index is 5.47. The number of hydrogen-bond acceptors (Lipinski definition) is 6. The van der Waals surface area contributed by atoms with Crippen LogP contribution in [0.15, 0.2) is 52.0 Å². The minimum atomic E-state index is 0.400. The molecule has 1 aromatic heterocycles. The Hall–Kier alpha value is -2.65. The fourth-order valence-electron chi connectivity index (χ4n) is 2.41. The van der Waals surface area contributed by atoms with Crippen LogP contribution in [0.1, 0.15) is 12.5 Å². The zero-order chi connectivity index (χ0) is 19.2. The molecule has 7 nitrogen and oxygen atoms in total. The molecule has 27 heavy (non-hydrogen) atoms. The van der Waals surface area contributed by atoms with Crippen LogP contribution >= 0.6 is 28.1 Å². The van der Waals surface area contributed by atoms with Gasteiger partial charge in [-0.15, -0.1) is 0 Å². The molecular formula is C18H18BrN5O2S. The van der Waals surface area contributed by atoms with E-state index < -0.39 is 0 Å². The Kier molecular flexibility index (Phi) is 6.25. The average molecular weight is 448 g/mol. The van der Waals surface area contributed by atoms with Gasteiger partial charge in [0.05, 0.1) is 19.9 Å². The van der Waals surface area contributed by atoms with E-state index in [0.29, 0.717) is 23.0 Å². The Morgan fingerprint density at radius 2 is 2.07 bits per heavy atom. The predicted molar refractivity (Wildman–Crippen MR) is 112 cm³/mol. The van der Waals surface area contributed by atoms with E-state index in [1.165, 1.54) is 0 Å². The van der Waals surface area contributed by atoms with E-state index >= 15 is 0 Å². The van der Waals surface area contributed by atoms with E-state index in [-0.39, 0.29) is 0 Å². The Morgan fingerprint density at radius 1 is 1.30 bits per heavy atom. The van der Waals surface area contributed by atoms with Crippen LogP contribution in [-0.2, 0) is 0 Å². The lowest BCUT2D eigenvalue weighted by atomic mass is 10.2. The molecular weight excluding hydrogens is 430 g/mol. The number of methoxy groups -OCH3 is 1. The molecule has 0 aliphatic carbocycles. The number of nitrogens with zero attached hydrogens (tertiary/aromatic N) is 3. The van der Waals surface area contributed by atoms with Crippen LogP contribution < -0.4 is 15.0 Å². The third-order valence-electron chi connectivity index (χ3n) is 3.65. The summed E-state index contributed by atoms with van der Waals surface area (Å²) in [7, 11) is 1.62. The molecule has 3 aromatic rings. The topological polar surface area (TPSA) is 76.5 Å². The van der Waals surface area contributed by atoms with Gasteiger partial charge in [0.1, 0.15) is 11.5 Å². The van der Waals surface area contributed by atoms with Gasteiger partial charge >= 0.3 is 0 Å². The average Bonchev–Trinajstić information content (AvgIpc) is 3.04. The fourth-order valence-corrected chi connectivity index (χ4v) is 2.96. The number of nitrogens with one attached hydrogen (secondary N) is 2. The van der Waals surface area contributed by atoms with Gasteiger partial charge in [-0.3, -0.25) is 0 Å². The zero-order valence-corrected chi connectivity index (χ0v) is 17.2. The van der Waals surface area contributed by atoms with Gasteiger partial charge in [0.15, 0.2) is 5.82 Å². The third-order valence-corrected chi connectivity index (χ3v) is 4.42. The molecule has 0 fully saturated rings. The predicted octanol–water partition coefficient (Wildman–Crippen LogP) is 4.36. The van der Waals surface area contributed by atoms with E-state index in [2.05, 4.69) is 36.8 Å². The van der Waals surface area contributed by atoms with Gasteiger partial charge < -0.3 is 9.47 Å². The van der Waals surface area contributed by atoms with E-state index in [9.17, 15) is 0 Å². The molecule has 0 aliphatic rings. The summed E-state index contributed by atoms with van der Waals surface area (Å²) >= 11 is 8.73. The van der Waals surface area contributed by atoms with Gasteiger partial charge in [-0.1, -0.05) is 15.9 Å². The molecule has 0 atom stereocenters. The van der Waals surface area contributed by atoms with Crippen LogP contribution in [0.3, 0.4) is 0 Å². The van der Waals surface area contributed by atoms with Gasteiger partial charge in [-0.05, 0) is 61.6 Å². The highest BCUT2D eigenvalue weighted by molar-refractivity contribution is 9.10. The second kappa shape index (κ2) is 8.83. The number of aromatic nitrogens is 3. The zero-order valence-electron chi connectivity index (χ0n) is 14.8. The first kappa shape index (κ1) is 19.1. The van der Waals surface area contributed by atoms with E-state index in [4.69, 9.17) is 21.7 Å². The highest BCUT2D eigenvalue weighted by atomic mass is 79.9. The molecule has 0 saturated carbocycles. The minimum absolute atomic E-state index is 0.400. The summed E-state index contributed by atoms with van der Waals surface area (Å²) in [6, 6.07) is 13.3. The van der Waals surface area contributed by atoms with Crippen molar-refractivity contribution < 1.29 is 9.47 Å². The maximum absolute atomic E-state index is 5.47. The van der Waals surface area contributed by atoms with Gasteiger partial charge in [-0.25, -0.2) is 10.6 Å². The molecule has 0 unspecified atom stereocenters. The number of aromatic amines is 1. The smallest absolute Gasteiger partial charge is 0.216 e. The normalized spacial score (nSPS) is 10.9. The Balaban J connectivity index is 1.83. The van der Waals surface area contributed by atoms with Gasteiger partial charge in [-0.2, -0.15) is 14.9 Å². The Morgan fingerprint density at radius 3 is 2.78 bits per heavy atom. The molecule has 2 aromatic carbocycles. The molecule has 0 spiro atoms. The second-order valence-corrected chi connectivity index (χ2v) is 6.69. The van der Waals surface area contributed by atoms with Crippen LogP contribution in [-0.4, -0.2) is 34.8 Å².